The van der Waals surface area contributed by atoms with Crippen molar-refractivity contribution in [1.29, 1.82) is 0 Å². The zero-order valence-electron chi connectivity index (χ0n) is 16.9. The van der Waals surface area contributed by atoms with Crippen molar-refractivity contribution in [1.82, 2.24) is 19.5 Å². The van der Waals surface area contributed by atoms with E-state index < -0.39 is 0 Å². The van der Waals surface area contributed by atoms with Gasteiger partial charge in [0.15, 0.2) is 0 Å². The molecule has 0 saturated carbocycles. The van der Waals surface area contributed by atoms with Gasteiger partial charge in [-0.25, -0.2) is 4.52 Å². The molecule has 2 aromatic carbocycles. The molecule has 4 rings (SSSR count). The molecule has 158 valence electrons. The van der Waals surface area contributed by atoms with Gasteiger partial charge in [0.25, 0.3) is 5.56 Å². The van der Waals surface area contributed by atoms with E-state index in [-0.39, 0.29) is 17.9 Å². The fraction of sp³-hybridized carbons (Fsp3) is 0.174. The zero-order valence-corrected chi connectivity index (χ0v) is 17.7. The van der Waals surface area contributed by atoms with Gasteiger partial charge >= 0.3 is 0 Å². The number of carbonyl (C=O) groups excluding carboxylic acids is 1. The first-order chi connectivity index (χ1) is 15.0. The van der Waals surface area contributed by atoms with Crippen molar-refractivity contribution >= 4 is 23.0 Å². The summed E-state index contributed by atoms with van der Waals surface area (Å²) in [4.78, 5) is 25.0. The lowest BCUT2D eigenvalue weighted by Gasteiger charge is -2.08. The number of aromatic nitrogens is 3. The molecule has 2 heterocycles. The number of nitrogens with zero attached hydrogens (tertiary/aromatic N) is 3. The summed E-state index contributed by atoms with van der Waals surface area (Å²) < 4.78 is 8.31. The monoisotopic (exact) mass is 436 g/mol. The molecule has 0 aliphatic heterocycles. The van der Waals surface area contributed by atoms with Crippen molar-refractivity contribution in [3.8, 4) is 17.0 Å². The summed E-state index contributed by atoms with van der Waals surface area (Å²) in [6.45, 7) is 0.715. The topological polar surface area (TPSA) is 77.6 Å². The number of hydrogen-bond acceptors (Lipinski definition) is 4. The molecule has 0 aliphatic carbocycles. The summed E-state index contributed by atoms with van der Waals surface area (Å²) >= 11 is 5.86. The molecule has 4 aromatic rings. The van der Waals surface area contributed by atoms with E-state index >= 15 is 0 Å². The first kappa shape index (κ1) is 20.7. The standard InChI is InChI=1S/C23H21ClN4O3/c1-31-19-8-4-17(5-9-19)20-15-21-23(30)27(12-13-28(21)26-20)11-10-25-22(29)14-16-2-6-18(24)7-3-16/h2-9,12-13,15H,10-11,14H2,1H3,(H,25,29). The maximum Gasteiger partial charge on any atom is 0.276 e. The SMILES string of the molecule is COc1ccc(-c2cc3c(=O)n(CCNC(=O)Cc4ccc(Cl)cc4)ccn3n2)cc1. The van der Waals surface area contributed by atoms with E-state index in [1.807, 2.05) is 36.4 Å². The Kier molecular flexibility index (Phi) is 6.04. The number of methoxy groups -OCH3 is 1. The van der Waals surface area contributed by atoms with Gasteiger partial charge in [0.2, 0.25) is 5.91 Å². The third-order valence-corrected chi connectivity index (χ3v) is 5.19. The van der Waals surface area contributed by atoms with Crippen LogP contribution in [0, 0.1) is 0 Å². The van der Waals surface area contributed by atoms with Gasteiger partial charge in [0.05, 0.1) is 19.2 Å². The van der Waals surface area contributed by atoms with E-state index in [1.165, 1.54) is 0 Å². The van der Waals surface area contributed by atoms with Crippen LogP contribution in [0.2, 0.25) is 5.02 Å². The number of benzene rings is 2. The van der Waals surface area contributed by atoms with Crippen LogP contribution >= 0.6 is 11.6 Å². The molecular weight excluding hydrogens is 416 g/mol. The largest absolute Gasteiger partial charge is 0.497 e. The first-order valence-corrected chi connectivity index (χ1v) is 10.2. The van der Waals surface area contributed by atoms with Crippen LogP contribution in [-0.4, -0.2) is 33.7 Å². The molecule has 1 amide bonds. The lowest BCUT2D eigenvalue weighted by Crippen LogP contribution is -2.32. The summed E-state index contributed by atoms with van der Waals surface area (Å²) in [6.07, 6.45) is 3.67. The van der Waals surface area contributed by atoms with Crippen molar-refractivity contribution in [3.05, 3.63) is 87.9 Å². The second-order valence-electron chi connectivity index (χ2n) is 7.04. The minimum absolute atomic E-state index is 0.109. The van der Waals surface area contributed by atoms with Crippen LogP contribution in [0.25, 0.3) is 16.8 Å². The maximum absolute atomic E-state index is 12.8. The van der Waals surface area contributed by atoms with Crippen LogP contribution in [0.15, 0.2) is 71.8 Å². The summed E-state index contributed by atoms with van der Waals surface area (Å²) in [5.74, 6) is 0.649. The van der Waals surface area contributed by atoms with Crippen LogP contribution in [-0.2, 0) is 17.8 Å². The Labute approximate surface area is 183 Å². The molecule has 7 nitrogen and oxygen atoms in total. The fourth-order valence-corrected chi connectivity index (χ4v) is 3.40. The number of ether oxygens (including phenoxy) is 1. The minimum atomic E-state index is -0.165. The Morgan fingerprint density at radius 1 is 1.10 bits per heavy atom. The molecule has 1 N–H and O–H groups in total. The summed E-state index contributed by atoms with van der Waals surface area (Å²) in [7, 11) is 1.61. The number of hydrogen-bond donors (Lipinski definition) is 1. The number of halogens is 1. The van der Waals surface area contributed by atoms with E-state index in [9.17, 15) is 9.59 Å². The van der Waals surface area contributed by atoms with Crippen molar-refractivity contribution in [2.24, 2.45) is 0 Å². The Morgan fingerprint density at radius 3 is 2.55 bits per heavy atom. The smallest absolute Gasteiger partial charge is 0.276 e. The predicted octanol–water partition coefficient (Wildman–Crippen LogP) is 3.18. The summed E-state index contributed by atoms with van der Waals surface area (Å²) in [6, 6.07) is 16.4. The average Bonchev–Trinajstić information content (AvgIpc) is 3.22. The van der Waals surface area contributed by atoms with Gasteiger partial charge in [-0.15, -0.1) is 0 Å². The Bertz CT molecular complexity index is 1260. The first-order valence-electron chi connectivity index (χ1n) is 9.78. The highest BCUT2D eigenvalue weighted by Gasteiger charge is 2.10. The molecule has 0 unspecified atom stereocenters. The molecule has 2 aromatic heterocycles. The van der Waals surface area contributed by atoms with Gasteiger partial charge in [-0.05, 0) is 48.0 Å². The fourth-order valence-electron chi connectivity index (χ4n) is 3.27. The van der Waals surface area contributed by atoms with Crippen LogP contribution in [0.1, 0.15) is 5.56 Å². The molecule has 0 radical (unpaired) electrons. The third-order valence-electron chi connectivity index (χ3n) is 4.94. The maximum atomic E-state index is 12.8. The predicted molar refractivity (Wildman–Crippen MR) is 120 cm³/mol. The van der Waals surface area contributed by atoms with Gasteiger partial charge in [-0.2, -0.15) is 5.10 Å². The van der Waals surface area contributed by atoms with Gasteiger partial charge < -0.3 is 14.6 Å². The van der Waals surface area contributed by atoms with Crippen LogP contribution in [0.4, 0.5) is 0 Å². The second kappa shape index (κ2) is 9.06. The van der Waals surface area contributed by atoms with Gasteiger partial charge in [-0.3, -0.25) is 9.59 Å². The van der Waals surface area contributed by atoms with E-state index in [0.717, 1.165) is 16.9 Å². The van der Waals surface area contributed by atoms with E-state index in [0.29, 0.717) is 29.3 Å². The Balaban J connectivity index is 1.42. The average molecular weight is 437 g/mol. The summed E-state index contributed by atoms with van der Waals surface area (Å²) in [5, 5.41) is 7.96. The van der Waals surface area contributed by atoms with Crippen LogP contribution in [0.5, 0.6) is 5.75 Å². The van der Waals surface area contributed by atoms with Gasteiger partial charge in [-0.1, -0.05) is 23.7 Å². The molecule has 0 spiro atoms. The highest BCUT2D eigenvalue weighted by molar-refractivity contribution is 6.30. The zero-order chi connectivity index (χ0) is 21.8. The van der Waals surface area contributed by atoms with E-state index in [4.69, 9.17) is 16.3 Å². The second-order valence-corrected chi connectivity index (χ2v) is 7.47. The lowest BCUT2D eigenvalue weighted by atomic mass is 10.1. The molecule has 0 atom stereocenters. The van der Waals surface area contributed by atoms with Crippen molar-refractivity contribution in [2.75, 3.05) is 13.7 Å². The molecule has 0 saturated heterocycles. The lowest BCUT2D eigenvalue weighted by molar-refractivity contribution is -0.120. The number of nitrogens with one attached hydrogen (secondary N) is 1. The molecule has 0 bridgehead atoms. The van der Waals surface area contributed by atoms with Crippen molar-refractivity contribution in [2.45, 2.75) is 13.0 Å². The normalized spacial score (nSPS) is 10.9. The Hall–Kier alpha value is -3.58. The Morgan fingerprint density at radius 2 is 1.84 bits per heavy atom. The molecule has 0 aliphatic rings. The van der Waals surface area contributed by atoms with Crippen molar-refractivity contribution in [3.63, 3.8) is 0 Å². The highest BCUT2D eigenvalue weighted by atomic mass is 35.5. The number of fused-ring (bicyclic) bond motifs is 1. The van der Waals surface area contributed by atoms with Crippen LogP contribution < -0.4 is 15.6 Å². The quantitative estimate of drug-likeness (QED) is 0.482. The number of rotatable bonds is 7. The van der Waals surface area contributed by atoms with Crippen LogP contribution in [0.3, 0.4) is 0 Å². The van der Waals surface area contributed by atoms with Gasteiger partial charge in [0, 0.05) is 36.1 Å². The van der Waals surface area contributed by atoms with E-state index in [2.05, 4.69) is 10.4 Å². The highest BCUT2D eigenvalue weighted by Crippen LogP contribution is 2.21. The molecule has 0 fully saturated rings. The molecule has 8 heteroatoms. The number of carbonyl (C=O) groups is 1. The molecular formula is C23H21ClN4O3. The minimum Gasteiger partial charge on any atom is -0.497 e. The molecule has 31 heavy (non-hydrogen) atoms. The van der Waals surface area contributed by atoms with E-state index in [1.54, 1.807) is 46.8 Å². The van der Waals surface area contributed by atoms with Gasteiger partial charge in [0.1, 0.15) is 11.3 Å². The van der Waals surface area contributed by atoms with Crippen molar-refractivity contribution < 1.29 is 9.53 Å². The third kappa shape index (κ3) is 4.78. The number of amides is 1. The summed E-state index contributed by atoms with van der Waals surface area (Å²) in [5.41, 5.74) is 2.78.